The average Bonchev–Trinajstić information content (AvgIpc) is 3.12. The van der Waals surface area contributed by atoms with Gasteiger partial charge in [0.15, 0.2) is 0 Å². The second-order valence-electron chi connectivity index (χ2n) is 12.1. The van der Waals surface area contributed by atoms with E-state index in [4.69, 9.17) is 0 Å². The molecule has 0 atom stereocenters. The van der Waals surface area contributed by atoms with Gasteiger partial charge in [-0.05, 0) is 99.0 Å². The highest BCUT2D eigenvalue weighted by atomic mass is 14.2. The predicted octanol–water partition coefficient (Wildman–Crippen LogP) is 12.9. The summed E-state index contributed by atoms with van der Waals surface area (Å²) in [7, 11) is 0. The van der Waals surface area contributed by atoms with Crippen LogP contribution in [0.1, 0.15) is 22.3 Å². The Labute approximate surface area is 268 Å². The molecule has 0 heterocycles. The molecule has 0 saturated carbocycles. The number of fused-ring (bicyclic) bond motifs is 6. The van der Waals surface area contributed by atoms with Crippen molar-refractivity contribution in [2.45, 2.75) is 0 Å². The van der Waals surface area contributed by atoms with Crippen molar-refractivity contribution in [2.24, 2.45) is 0 Å². The van der Waals surface area contributed by atoms with Crippen LogP contribution in [0.3, 0.4) is 0 Å². The zero-order valence-electron chi connectivity index (χ0n) is 25.3. The molecule has 214 valence electrons. The lowest BCUT2D eigenvalue weighted by Gasteiger charge is -2.14. The molecule has 0 amide bonds. The molecule has 0 spiro atoms. The molecular formula is C46H30. The van der Waals surface area contributed by atoms with Crippen molar-refractivity contribution < 1.29 is 0 Å². The zero-order valence-corrected chi connectivity index (χ0v) is 25.3. The minimum Gasteiger partial charge on any atom is -0.0616 e. The molecule has 0 N–H and O–H groups in total. The SMILES string of the molecule is C(=C\c1c2ccccc2c(/C=C/c2c3ccccc3cc3ccccc23)c2ccccc12)/c1c2ccccc2cc2ccccc12. The quantitative estimate of drug-likeness (QED) is 0.143. The summed E-state index contributed by atoms with van der Waals surface area (Å²) in [6.07, 6.45) is 9.34. The molecule has 0 unspecified atom stereocenters. The van der Waals surface area contributed by atoms with E-state index in [1.165, 1.54) is 86.9 Å². The Bertz CT molecular complexity index is 2330. The molecule has 0 fully saturated rings. The lowest BCUT2D eigenvalue weighted by atomic mass is 9.89. The largest absolute Gasteiger partial charge is 0.0616 e. The second kappa shape index (κ2) is 10.9. The summed E-state index contributed by atoms with van der Waals surface area (Å²) in [5, 5.41) is 15.1. The Balaban J connectivity index is 1.28. The predicted molar refractivity (Wildman–Crippen MR) is 202 cm³/mol. The van der Waals surface area contributed by atoms with Gasteiger partial charge in [-0.15, -0.1) is 0 Å². The van der Waals surface area contributed by atoms with Crippen LogP contribution in [0.25, 0.3) is 88.9 Å². The van der Waals surface area contributed by atoms with Crippen molar-refractivity contribution in [1.82, 2.24) is 0 Å². The Morgan fingerprint density at radius 3 is 0.674 bits per heavy atom. The van der Waals surface area contributed by atoms with Crippen molar-refractivity contribution in [2.75, 3.05) is 0 Å². The van der Waals surface area contributed by atoms with Gasteiger partial charge >= 0.3 is 0 Å². The fraction of sp³-hybridized carbons (Fsp3) is 0. The van der Waals surface area contributed by atoms with E-state index in [0.29, 0.717) is 0 Å². The van der Waals surface area contributed by atoms with Gasteiger partial charge in [0.05, 0.1) is 0 Å². The van der Waals surface area contributed by atoms with E-state index in [1.807, 2.05) is 0 Å². The fourth-order valence-corrected chi connectivity index (χ4v) is 7.35. The van der Waals surface area contributed by atoms with Crippen LogP contribution in [0, 0.1) is 0 Å². The highest BCUT2D eigenvalue weighted by Gasteiger charge is 2.12. The van der Waals surface area contributed by atoms with Gasteiger partial charge in [-0.1, -0.05) is 170 Å². The lowest BCUT2D eigenvalue weighted by Crippen LogP contribution is -1.89. The number of hydrogen-bond acceptors (Lipinski definition) is 0. The minimum atomic E-state index is 1.25. The molecule has 0 aliphatic heterocycles. The molecule has 0 radical (unpaired) electrons. The summed E-state index contributed by atoms with van der Waals surface area (Å²) in [5.41, 5.74) is 5.01. The Morgan fingerprint density at radius 2 is 0.413 bits per heavy atom. The summed E-state index contributed by atoms with van der Waals surface area (Å²) >= 11 is 0. The monoisotopic (exact) mass is 582 g/mol. The summed E-state index contributed by atoms with van der Waals surface area (Å²) in [4.78, 5) is 0. The first-order valence-electron chi connectivity index (χ1n) is 15.9. The third-order valence-electron chi connectivity index (χ3n) is 9.47. The van der Waals surface area contributed by atoms with Crippen LogP contribution in [0.5, 0.6) is 0 Å². The van der Waals surface area contributed by atoms with Crippen LogP contribution in [0.15, 0.2) is 158 Å². The van der Waals surface area contributed by atoms with E-state index >= 15 is 0 Å². The van der Waals surface area contributed by atoms with Crippen molar-refractivity contribution in [3.8, 4) is 0 Å². The number of hydrogen-bond donors (Lipinski definition) is 0. The minimum absolute atomic E-state index is 1.25. The smallest absolute Gasteiger partial charge is 0.00987 e. The molecule has 0 heteroatoms. The summed E-state index contributed by atoms with van der Waals surface area (Å²) in [6.45, 7) is 0. The Hall–Kier alpha value is -5.98. The molecule has 0 aliphatic carbocycles. The molecule has 0 bridgehead atoms. The first-order valence-corrected chi connectivity index (χ1v) is 15.9. The van der Waals surface area contributed by atoms with E-state index in [9.17, 15) is 0 Å². The van der Waals surface area contributed by atoms with Crippen LogP contribution in [0.2, 0.25) is 0 Å². The number of benzene rings is 9. The number of rotatable bonds is 4. The summed E-state index contributed by atoms with van der Waals surface area (Å²) in [6, 6.07) is 57.2. The fourth-order valence-electron chi connectivity index (χ4n) is 7.35. The standard InChI is InChI=1S/C46H30/c1-5-17-35-31(13-1)29-32-14-2-6-18-36(32)43(35)25-27-45-39-21-9-11-23-41(39)46(42-24-12-10-22-40(42)45)28-26-44-37-19-7-3-15-33(37)30-34-16-4-8-20-38(34)44/h1-30H/b27-25+,28-26+. The topological polar surface area (TPSA) is 0 Å². The zero-order chi connectivity index (χ0) is 30.5. The molecule has 9 rings (SSSR count). The normalized spacial score (nSPS) is 12.2. The second-order valence-corrected chi connectivity index (χ2v) is 12.1. The van der Waals surface area contributed by atoms with Crippen LogP contribution < -0.4 is 0 Å². The third-order valence-corrected chi connectivity index (χ3v) is 9.47. The maximum atomic E-state index is 2.34. The van der Waals surface area contributed by atoms with Gasteiger partial charge in [-0.25, -0.2) is 0 Å². The van der Waals surface area contributed by atoms with Gasteiger partial charge in [0.25, 0.3) is 0 Å². The van der Waals surface area contributed by atoms with Crippen molar-refractivity contribution in [1.29, 1.82) is 0 Å². The van der Waals surface area contributed by atoms with Crippen LogP contribution in [-0.4, -0.2) is 0 Å². The van der Waals surface area contributed by atoms with Gasteiger partial charge in [-0.2, -0.15) is 0 Å². The van der Waals surface area contributed by atoms with Gasteiger partial charge in [0.1, 0.15) is 0 Å². The van der Waals surface area contributed by atoms with E-state index in [-0.39, 0.29) is 0 Å². The first-order chi connectivity index (χ1) is 22.8. The van der Waals surface area contributed by atoms with E-state index in [1.54, 1.807) is 0 Å². The lowest BCUT2D eigenvalue weighted by molar-refractivity contribution is 1.71. The van der Waals surface area contributed by atoms with Gasteiger partial charge in [0, 0.05) is 0 Å². The molecule has 9 aromatic carbocycles. The van der Waals surface area contributed by atoms with Crippen LogP contribution in [0.4, 0.5) is 0 Å². The molecule has 0 aromatic heterocycles. The summed E-state index contributed by atoms with van der Waals surface area (Å²) < 4.78 is 0. The first kappa shape index (κ1) is 26.4. The van der Waals surface area contributed by atoms with Crippen LogP contribution in [-0.2, 0) is 0 Å². The molecule has 0 saturated heterocycles. The van der Waals surface area contributed by atoms with Crippen molar-refractivity contribution in [3.63, 3.8) is 0 Å². The third kappa shape index (κ3) is 4.30. The Morgan fingerprint density at radius 1 is 0.217 bits per heavy atom. The molecule has 0 nitrogen and oxygen atoms in total. The molecule has 0 aliphatic rings. The van der Waals surface area contributed by atoms with Crippen molar-refractivity contribution >= 4 is 88.9 Å². The Kier molecular flexibility index (Phi) is 6.25. The highest BCUT2D eigenvalue weighted by molar-refractivity contribution is 6.17. The van der Waals surface area contributed by atoms with Gasteiger partial charge in [0.2, 0.25) is 0 Å². The van der Waals surface area contributed by atoms with Gasteiger partial charge < -0.3 is 0 Å². The molecule has 46 heavy (non-hydrogen) atoms. The highest BCUT2D eigenvalue weighted by Crippen LogP contribution is 2.38. The van der Waals surface area contributed by atoms with Crippen molar-refractivity contribution in [3.05, 3.63) is 180 Å². The molecule has 9 aromatic rings. The maximum absolute atomic E-state index is 2.34. The maximum Gasteiger partial charge on any atom is -0.00987 e. The van der Waals surface area contributed by atoms with Crippen LogP contribution >= 0.6 is 0 Å². The van der Waals surface area contributed by atoms with Gasteiger partial charge in [-0.3, -0.25) is 0 Å². The van der Waals surface area contributed by atoms with E-state index in [0.717, 1.165) is 0 Å². The van der Waals surface area contributed by atoms with E-state index in [2.05, 4.69) is 182 Å². The molecular weight excluding hydrogens is 553 g/mol. The average molecular weight is 583 g/mol. The van der Waals surface area contributed by atoms with E-state index < -0.39 is 0 Å². The summed E-state index contributed by atoms with van der Waals surface area (Å²) in [5.74, 6) is 0.